The molecule has 2 aromatic carbocycles. The zero-order valence-corrected chi connectivity index (χ0v) is 16.5. The number of H-pyrrole nitrogens is 1. The molecule has 0 saturated carbocycles. The summed E-state index contributed by atoms with van der Waals surface area (Å²) in [4.78, 5) is 26.4. The molecule has 1 heterocycles. The maximum absolute atomic E-state index is 12.1. The number of rotatable bonds is 8. The number of aromatic amines is 1. The topological polar surface area (TPSA) is 124 Å². The summed E-state index contributed by atoms with van der Waals surface area (Å²) in [6.07, 6.45) is 3.23. The minimum Gasteiger partial charge on any atom is -0.543 e. The Bertz CT molecular complexity index is 1120. The van der Waals surface area contributed by atoms with Crippen molar-refractivity contribution in [2.45, 2.75) is 6.42 Å². The summed E-state index contributed by atoms with van der Waals surface area (Å²) in [5.74, 6) is -0.730. The van der Waals surface area contributed by atoms with Crippen molar-refractivity contribution in [3.05, 3.63) is 59.3 Å². The third-order valence-electron chi connectivity index (χ3n) is 4.62. The van der Waals surface area contributed by atoms with E-state index in [1.807, 2.05) is 0 Å². The Kier molecular flexibility index (Phi) is 6.26. The molecule has 156 valence electrons. The summed E-state index contributed by atoms with van der Waals surface area (Å²) < 4.78 is 10.2. The number of amides is 1. The summed E-state index contributed by atoms with van der Waals surface area (Å²) in [6.45, 7) is 0.229. The van der Waals surface area contributed by atoms with Crippen LogP contribution in [0.3, 0.4) is 0 Å². The maximum atomic E-state index is 12.1. The zero-order valence-electron chi connectivity index (χ0n) is 16.5. The van der Waals surface area contributed by atoms with Gasteiger partial charge >= 0.3 is 0 Å². The highest BCUT2D eigenvalue weighted by Crippen LogP contribution is 2.27. The number of ether oxygens (including phenoxy) is 2. The highest BCUT2D eigenvalue weighted by atomic mass is 16.5. The third kappa shape index (κ3) is 4.54. The van der Waals surface area contributed by atoms with Gasteiger partial charge in [0.2, 0.25) is 5.91 Å². The number of carbonyl (C=O) groups excluding carboxylic acids is 2. The van der Waals surface area contributed by atoms with Gasteiger partial charge in [0.05, 0.1) is 25.9 Å². The van der Waals surface area contributed by atoms with Crippen LogP contribution in [0.2, 0.25) is 0 Å². The fourth-order valence-electron chi connectivity index (χ4n) is 3.13. The molecule has 0 unspecified atom stereocenters. The van der Waals surface area contributed by atoms with Crippen molar-refractivity contribution >= 4 is 28.9 Å². The minimum atomic E-state index is -1.31. The van der Waals surface area contributed by atoms with Gasteiger partial charge in [-0.2, -0.15) is 0 Å². The highest BCUT2D eigenvalue weighted by molar-refractivity contribution is 5.97. The summed E-state index contributed by atoms with van der Waals surface area (Å²) in [5, 5.41) is 24.5. The van der Waals surface area contributed by atoms with Crippen molar-refractivity contribution in [2.24, 2.45) is 0 Å². The van der Waals surface area contributed by atoms with E-state index in [-0.39, 0.29) is 23.9 Å². The number of carboxylic acid groups (broad SMARTS) is 1. The second kappa shape index (κ2) is 9.04. The van der Waals surface area contributed by atoms with E-state index < -0.39 is 5.97 Å². The number of aromatic hydroxyl groups is 1. The second-order valence-corrected chi connectivity index (χ2v) is 6.48. The monoisotopic (exact) mass is 409 g/mol. The lowest BCUT2D eigenvalue weighted by atomic mass is 10.1. The molecule has 3 N–H and O–H groups in total. The van der Waals surface area contributed by atoms with Crippen molar-refractivity contribution < 1.29 is 29.3 Å². The van der Waals surface area contributed by atoms with Crippen LogP contribution in [0, 0.1) is 0 Å². The Balaban J connectivity index is 1.68. The number of hydrogen-bond acceptors (Lipinski definition) is 6. The lowest BCUT2D eigenvalue weighted by Crippen LogP contribution is -2.26. The molecule has 0 aliphatic carbocycles. The lowest BCUT2D eigenvalue weighted by molar-refractivity contribution is -0.255. The molecule has 0 saturated heterocycles. The maximum Gasteiger partial charge on any atom is 0.244 e. The molecule has 0 atom stereocenters. The SMILES string of the molecule is COc1ccc2[nH]c(C(=O)[O-])c(CCNC(=O)/C=C/c3ccc(O)c(OC)c3)c2c1. The van der Waals surface area contributed by atoms with Gasteiger partial charge in [0, 0.05) is 23.5 Å². The van der Waals surface area contributed by atoms with E-state index in [2.05, 4.69) is 10.3 Å². The number of methoxy groups -OCH3 is 2. The smallest absolute Gasteiger partial charge is 0.244 e. The molecule has 30 heavy (non-hydrogen) atoms. The number of aromatic carboxylic acids is 1. The van der Waals surface area contributed by atoms with Crippen molar-refractivity contribution in [1.29, 1.82) is 0 Å². The number of carbonyl (C=O) groups is 2. The molecular weight excluding hydrogens is 388 g/mol. The summed E-state index contributed by atoms with van der Waals surface area (Å²) in [5.41, 5.74) is 1.86. The highest BCUT2D eigenvalue weighted by Gasteiger charge is 2.13. The third-order valence-corrected chi connectivity index (χ3v) is 4.62. The van der Waals surface area contributed by atoms with Crippen LogP contribution in [0.1, 0.15) is 21.6 Å². The first kappa shape index (κ1) is 20.8. The Labute approximate surface area is 172 Å². The minimum absolute atomic E-state index is 0.0122. The van der Waals surface area contributed by atoms with E-state index in [0.29, 0.717) is 39.9 Å². The molecule has 1 aromatic heterocycles. The fraction of sp³-hybridized carbons (Fsp3) is 0.182. The second-order valence-electron chi connectivity index (χ2n) is 6.48. The van der Waals surface area contributed by atoms with E-state index in [9.17, 15) is 19.8 Å². The van der Waals surface area contributed by atoms with E-state index in [1.165, 1.54) is 26.4 Å². The Morgan fingerprint density at radius 1 is 1.17 bits per heavy atom. The van der Waals surface area contributed by atoms with Gasteiger partial charge in [0.1, 0.15) is 5.75 Å². The largest absolute Gasteiger partial charge is 0.543 e. The number of nitrogens with one attached hydrogen (secondary N) is 2. The van der Waals surface area contributed by atoms with Gasteiger partial charge in [-0.15, -0.1) is 0 Å². The lowest BCUT2D eigenvalue weighted by Gasteiger charge is -2.07. The van der Waals surface area contributed by atoms with E-state index in [4.69, 9.17) is 9.47 Å². The van der Waals surface area contributed by atoms with Crippen LogP contribution in [0.15, 0.2) is 42.5 Å². The first-order chi connectivity index (χ1) is 14.4. The van der Waals surface area contributed by atoms with Gasteiger partial charge in [0.25, 0.3) is 0 Å². The fourth-order valence-corrected chi connectivity index (χ4v) is 3.13. The van der Waals surface area contributed by atoms with Crippen molar-refractivity contribution in [3.8, 4) is 17.2 Å². The van der Waals surface area contributed by atoms with Gasteiger partial charge in [-0.05, 0) is 54.0 Å². The Hall–Kier alpha value is -3.94. The number of benzene rings is 2. The Morgan fingerprint density at radius 2 is 1.97 bits per heavy atom. The molecule has 0 radical (unpaired) electrons. The first-order valence-corrected chi connectivity index (χ1v) is 9.15. The molecule has 0 fully saturated rings. The average Bonchev–Trinajstić information content (AvgIpc) is 3.11. The predicted molar refractivity (Wildman–Crippen MR) is 110 cm³/mol. The average molecular weight is 409 g/mol. The first-order valence-electron chi connectivity index (χ1n) is 9.15. The van der Waals surface area contributed by atoms with Crippen LogP contribution in [0.4, 0.5) is 0 Å². The van der Waals surface area contributed by atoms with Gasteiger partial charge in [-0.3, -0.25) is 4.79 Å². The van der Waals surface area contributed by atoms with Gasteiger partial charge in [-0.1, -0.05) is 6.07 Å². The van der Waals surface area contributed by atoms with Crippen LogP contribution in [-0.2, 0) is 11.2 Å². The van der Waals surface area contributed by atoms with E-state index >= 15 is 0 Å². The van der Waals surface area contributed by atoms with Crippen molar-refractivity contribution in [3.63, 3.8) is 0 Å². The molecule has 0 spiro atoms. The standard InChI is InChI=1S/C22H22N2O6/c1-29-14-5-6-17-16(12-14)15(21(24-17)22(27)28)9-10-23-20(26)8-4-13-3-7-18(25)19(11-13)30-2/h3-8,11-12,24-25H,9-10H2,1-2H3,(H,23,26)(H,27,28)/p-1/b8-4+. The van der Waals surface area contributed by atoms with Gasteiger partial charge in [0.15, 0.2) is 11.5 Å². The Morgan fingerprint density at radius 3 is 2.67 bits per heavy atom. The number of phenolic OH excluding ortho intramolecular Hbond substituents is 1. The van der Waals surface area contributed by atoms with E-state index in [0.717, 1.165) is 0 Å². The molecule has 0 bridgehead atoms. The molecule has 1 amide bonds. The van der Waals surface area contributed by atoms with Crippen LogP contribution >= 0.6 is 0 Å². The molecular formula is C22H21N2O6-. The van der Waals surface area contributed by atoms with E-state index in [1.54, 1.807) is 36.4 Å². The summed E-state index contributed by atoms with van der Waals surface area (Å²) in [6, 6.07) is 9.93. The number of aromatic nitrogens is 1. The molecule has 0 aliphatic heterocycles. The molecule has 3 rings (SSSR count). The summed E-state index contributed by atoms with van der Waals surface area (Å²) >= 11 is 0. The number of phenols is 1. The number of carboxylic acids is 1. The van der Waals surface area contributed by atoms with Crippen molar-refractivity contribution in [1.82, 2.24) is 10.3 Å². The quantitative estimate of drug-likeness (QED) is 0.486. The van der Waals surface area contributed by atoms with Gasteiger partial charge in [-0.25, -0.2) is 0 Å². The van der Waals surface area contributed by atoms with Gasteiger partial charge < -0.3 is 34.8 Å². The van der Waals surface area contributed by atoms with Crippen molar-refractivity contribution in [2.75, 3.05) is 20.8 Å². The number of hydrogen-bond donors (Lipinski definition) is 3. The number of fused-ring (bicyclic) bond motifs is 1. The predicted octanol–water partition coefficient (Wildman–Crippen LogP) is 1.63. The molecule has 8 heteroatoms. The normalized spacial score (nSPS) is 11.0. The summed E-state index contributed by atoms with van der Waals surface area (Å²) in [7, 11) is 2.97. The zero-order chi connectivity index (χ0) is 21.7. The molecule has 3 aromatic rings. The molecule has 0 aliphatic rings. The van der Waals surface area contributed by atoms with Crippen LogP contribution < -0.4 is 19.9 Å². The van der Waals surface area contributed by atoms with Crippen LogP contribution in [0.25, 0.3) is 17.0 Å². The molecule has 8 nitrogen and oxygen atoms in total. The van der Waals surface area contributed by atoms with Crippen LogP contribution in [-0.4, -0.2) is 42.7 Å². The van der Waals surface area contributed by atoms with Crippen LogP contribution in [0.5, 0.6) is 17.2 Å².